The molecule has 0 saturated heterocycles. The molecule has 0 heterocycles. The van der Waals surface area contributed by atoms with Gasteiger partial charge in [0.15, 0.2) is 0 Å². The van der Waals surface area contributed by atoms with E-state index < -0.39 is 19.6 Å². The molecular formula is C14H11Te+. The zero-order valence-corrected chi connectivity index (χ0v) is 10.6. The first-order valence-electron chi connectivity index (χ1n) is 4.72. The molecule has 0 spiro atoms. The summed E-state index contributed by atoms with van der Waals surface area (Å²) in [5.74, 6) is 0. The molecule has 15 heavy (non-hydrogen) atoms. The zero-order chi connectivity index (χ0) is 10.5. The summed E-state index contributed by atoms with van der Waals surface area (Å²) in [7, 11) is 0. The van der Waals surface area contributed by atoms with Gasteiger partial charge in [-0.05, 0) is 0 Å². The Morgan fingerprint density at radius 3 is 1.47 bits per heavy atom. The van der Waals surface area contributed by atoms with Crippen LogP contribution in [0.5, 0.6) is 0 Å². The first-order chi connectivity index (χ1) is 7.42. The second kappa shape index (κ2) is 5.04. The molecular weight excluding hydrogens is 296 g/mol. The Bertz CT molecular complexity index is 414. The van der Waals surface area contributed by atoms with Crippen LogP contribution in [-0.4, -0.2) is 19.6 Å². The summed E-state index contributed by atoms with van der Waals surface area (Å²) in [6.45, 7) is 0. The monoisotopic (exact) mass is 309 g/mol. The van der Waals surface area contributed by atoms with Crippen LogP contribution in [0.3, 0.4) is 0 Å². The van der Waals surface area contributed by atoms with E-state index in [1.807, 2.05) is 12.1 Å². The molecule has 0 N–H and O–H groups in total. The number of rotatable bonds is 2. The fourth-order valence-electron chi connectivity index (χ4n) is 1.39. The van der Waals surface area contributed by atoms with Crippen LogP contribution in [-0.2, 0) is 0 Å². The van der Waals surface area contributed by atoms with Crippen molar-refractivity contribution in [1.29, 1.82) is 0 Å². The van der Waals surface area contributed by atoms with E-state index in [9.17, 15) is 0 Å². The van der Waals surface area contributed by atoms with Gasteiger partial charge in [0, 0.05) is 0 Å². The molecule has 0 fully saturated rings. The summed E-state index contributed by atoms with van der Waals surface area (Å²) < 4.78 is 5.69. The van der Waals surface area contributed by atoms with Crippen molar-refractivity contribution < 1.29 is 0 Å². The molecule has 0 aliphatic rings. The van der Waals surface area contributed by atoms with Crippen molar-refractivity contribution >= 4 is 26.8 Å². The molecule has 2 aromatic carbocycles. The van der Waals surface area contributed by atoms with E-state index in [4.69, 9.17) is 6.42 Å². The van der Waals surface area contributed by atoms with Crippen LogP contribution < -0.4 is 7.22 Å². The van der Waals surface area contributed by atoms with E-state index in [2.05, 4.69) is 52.5 Å². The van der Waals surface area contributed by atoms with E-state index >= 15 is 0 Å². The predicted octanol–water partition coefficient (Wildman–Crippen LogP) is 1.47. The summed E-state index contributed by atoms with van der Waals surface area (Å²) in [6.07, 6.45) is 5.66. The molecule has 0 aromatic heterocycles. The molecule has 2 rings (SSSR count). The maximum atomic E-state index is 5.66. The molecule has 0 amide bonds. The molecule has 72 valence electrons. The maximum absolute atomic E-state index is 5.66. The first kappa shape index (κ1) is 10.3. The third-order valence-electron chi connectivity index (χ3n) is 2.08. The van der Waals surface area contributed by atoms with Crippen molar-refractivity contribution in [2.45, 2.75) is 0 Å². The van der Waals surface area contributed by atoms with Crippen LogP contribution >= 0.6 is 0 Å². The summed E-state index contributed by atoms with van der Waals surface area (Å²) >= 11 is -1.73. The summed E-state index contributed by atoms with van der Waals surface area (Å²) in [6, 6.07) is 20.9. The van der Waals surface area contributed by atoms with Gasteiger partial charge in [-0.15, -0.1) is 0 Å². The van der Waals surface area contributed by atoms with Crippen molar-refractivity contribution in [1.82, 2.24) is 0 Å². The SMILES string of the molecule is C#C[Te+](c1ccccc1)c1ccccc1. The van der Waals surface area contributed by atoms with Crippen LogP contribution in [0, 0.1) is 10.4 Å². The van der Waals surface area contributed by atoms with Crippen LogP contribution in [0.4, 0.5) is 0 Å². The Labute approximate surface area is 97.6 Å². The van der Waals surface area contributed by atoms with Crippen molar-refractivity contribution in [3.05, 3.63) is 60.7 Å². The molecule has 0 aliphatic heterocycles. The Morgan fingerprint density at radius 1 is 0.733 bits per heavy atom. The van der Waals surface area contributed by atoms with Crippen molar-refractivity contribution in [3.63, 3.8) is 0 Å². The standard InChI is InChI=1S/C14H11Te/c1-2-15(13-9-5-3-6-10-13)14-11-7-4-8-12-14/h1,3-12H/q+1. The topological polar surface area (TPSA) is 0 Å². The summed E-state index contributed by atoms with van der Waals surface area (Å²) in [5, 5.41) is 0. The van der Waals surface area contributed by atoms with Crippen LogP contribution in [0.25, 0.3) is 0 Å². The zero-order valence-electron chi connectivity index (χ0n) is 8.26. The quantitative estimate of drug-likeness (QED) is 0.582. The third-order valence-corrected chi connectivity index (χ3v) is 6.99. The fraction of sp³-hybridized carbons (Fsp3) is 0. The molecule has 0 nitrogen and oxygen atoms in total. The van der Waals surface area contributed by atoms with Gasteiger partial charge < -0.3 is 0 Å². The Hall–Kier alpha value is -1.21. The third kappa shape index (κ3) is 2.42. The molecule has 0 aliphatic carbocycles. The van der Waals surface area contributed by atoms with Gasteiger partial charge in [0.05, 0.1) is 0 Å². The predicted molar refractivity (Wildman–Crippen MR) is 66.7 cm³/mol. The molecule has 1 heteroatoms. The van der Waals surface area contributed by atoms with Crippen molar-refractivity contribution in [2.75, 3.05) is 0 Å². The second-order valence-corrected chi connectivity index (χ2v) is 8.16. The van der Waals surface area contributed by atoms with Gasteiger partial charge in [0.25, 0.3) is 0 Å². The molecule has 0 bridgehead atoms. The fourth-order valence-corrected chi connectivity index (χ4v) is 5.39. The molecule has 2 aromatic rings. The average Bonchev–Trinajstić information content (AvgIpc) is 2.33. The van der Waals surface area contributed by atoms with E-state index in [1.54, 1.807) is 0 Å². The average molecular weight is 307 g/mol. The second-order valence-electron chi connectivity index (χ2n) is 3.05. The Morgan fingerprint density at radius 2 is 1.13 bits per heavy atom. The van der Waals surface area contributed by atoms with Gasteiger partial charge in [-0.1, -0.05) is 0 Å². The van der Waals surface area contributed by atoms with Crippen LogP contribution in [0.1, 0.15) is 0 Å². The number of hydrogen-bond acceptors (Lipinski definition) is 0. The van der Waals surface area contributed by atoms with Crippen molar-refractivity contribution in [2.24, 2.45) is 0 Å². The van der Waals surface area contributed by atoms with E-state index in [-0.39, 0.29) is 0 Å². The minimum atomic E-state index is -1.73. The summed E-state index contributed by atoms with van der Waals surface area (Å²) in [5.41, 5.74) is 0. The minimum absolute atomic E-state index is 1.34. The molecule has 0 radical (unpaired) electrons. The van der Waals surface area contributed by atoms with Gasteiger partial charge in [-0.2, -0.15) is 0 Å². The Balaban J connectivity index is 2.39. The number of hydrogen-bond donors (Lipinski definition) is 0. The van der Waals surface area contributed by atoms with Crippen LogP contribution in [0.2, 0.25) is 0 Å². The Kier molecular flexibility index (Phi) is 3.46. The normalized spacial score (nSPS) is 9.87. The van der Waals surface area contributed by atoms with E-state index in [0.717, 1.165) is 0 Å². The molecule has 0 atom stereocenters. The molecule has 0 saturated carbocycles. The van der Waals surface area contributed by atoms with Gasteiger partial charge in [0.2, 0.25) is 0 Å². The number of benzene rings is 2. The van der Waals surface area contributed by atoms with E-state index in [0.29, 0.717) is 0 Å². The van der Waals surface area contributed by atoms with Crippen molar-refractivity contribution in [3.8, 4) is 10.4 Å². The van der Waals surface area contributed by atoms with Crippen LogP contribution in [0.15, 0.2) is 60.7 Å². The first-order valence-corrected chi connectivity index (χ1v) is 8.22. The van der Waals surface area contributed by atoms with Gasteiger partial charge in [0.1, 0.15) is 0 Å². The van der Waals surface area contributed by atoms with E-state index in [1.165, 1.54) is 7.22 Å². The molecule has 0 unspecified atom stereocenters. The van der Waals surface area contributed by atoms with Gasteiger partial charge in [-0.25, -0.2) is 0 Å². The van der Waals surface area contributed by atoms with Gasteiger partial charge >= 0.3 is 97.8 Å². The number of terminal acetylenes is 1. The van der Waals surface area contributed by atoms with Gasteiger partial charge in [-0.3, -0.25) is 0 Å². The summed E-state index contributed by atoms with van der Waals surface area (Å²) in [4.78, 5) is 0.